The van der Waals surface area contributed by atoms with Gasteiger partial charge >= 0.3 is 0 Å². The summed E-state index contributed by atoms with van der Waals surface area (Å²) in [6.45, 7) is 2.18. The number of carbonyl (C=O) groups excluding carboxylic acids is 1. The van der Waals surface area contributed by atoms with Gasteiger partial charge < -0.3 is 15.7 Å². The van der Waals surface area contributed by atoms with Gasteiger partial charge in [0, 0.05) is 6.42 Å². The average molecular weight is 268 g/mol. The summed E-state index contributed by atoms with van der Waals surface area (Å²) in [5.41, 5.74) is 0. The maximum atomic E-state index is 12.0. The van der Waals surface area contributed by atoms with Gasteiger partial charge in [-0.3, -0.25) is 4.79 Å². The Kier molecular flexibility index (Phi) is 6.11. The topological polar surface area (TPSA) is 61.4 Å². The molecule has 1 amide bonds. The van der Waals surface area contributed by atoms with Gasteiger partial charge in [-0.1, -0.05) is 19.3 Å². The van der Waals surface area contributed by atoms with Crippen LogP contribution in [0, 0.1) is 5.92 Å². The molecule has 0 aromatic rings. The fourth-order valence-corrected chi connectivity index (χ4v) is 3.24. The molecule has 2 unspecified atom stereocenters. The standard InChI is InChI=1S/C15H28N2O2/c18-14-5-3-1-2-4-13(14)17-15(19)7-6-12-8-10-16-11-9-12/h12-14,16,18H,1-11H2,(H,17,19). The second-order valence-corrected chi connectivity index (χ2v) is 6.11. The van der Waals surface area contributed by atoms with Crippen LogP contribution in [0.1, 0.15) is 57.8 Å². The van der Waals surface area contributed by atoms with Crippen LogP contribution in [-0.2, 0) is 4.79 Å². The number of piperidine rings is 1. The van der Waals surface area contributed by atoms with E-state index in [0.717, 1.165) is 45.2 Å². The van der Waals surface area contributed by atoms with E-state index in [-0.39, 0.29) is 18.1 Å². The van der Waals surface area contributed by atoms with E-state index < -0.39 is 0 Å². The minimum Gasteiger partial charge on any atom is -0.391 e. The van der Waals surface area contributed by atoms with Crippen molar-refractivity contribution in [2.75, 3.05) is 13.1 Å². The zero-order valence-corrected chi connectivity index (χ0v) is 11.9. The van der Waals surface area contributed by atoms with Gasteiger partial charge in [0.05, 0.1) is 12.1 Å². The molecule has 110 valence electrons. The Bertz CT molecular complexity index is 277. The summed E-state index contributed by atoms with van der Waals surface area (Å²) in [4.78, 5) is 12.0. The second-order valence-electron chi connectivity index (χ2n) is 6.11. The largest absolute Gasteiger partial charge is 0.391 e. The van der Waals surface area contributed by atoms with Crippen LogP contribution in [0.15, 0.2) is 0 Å². The molecule has 0 bridgehead atoms. The quantitative estimate of drug-likeness (QED) is 0.678. The Hall–Kier alpha value is -0.610. The van der Waals surface area contributed by atoms with Gasteiger partial charge in [-0.15, -0.1) is 0 Å². The highest BCUT2D eigenvalue weighted by Gasteiger charge is 2.23. The molecule has 0 aromatic carbocycles. The van der Waals surface area contributed by atoms with Crippen molar-refractivity contribution in [2.45, 2.75) is 69.9 Å². The van der Waals surface area contributed by atoms with E-state index in [9.17, 15) is 9.90 Å². The van der Waals surface area contributed by atoms with Crippen molar-refractivity contribution in [1.29, 1.82) is 0 Å². The van der Waals surface area contributed by atoms with Crippen molar-refractivity contribution in [2.24, 2.45) is 5.92 Å². The normalized spacial score (nSPS) is 29.7. The first-order valence-corrected chi connectivity index (χ1v) is 7.94. The van der Waals surface area contributed by atoms with E-state index in [2.05, 4.69) is 10.6 Å². The number of hydrogen-bond acceptors (Lipinski definition) is 3. The van der Waals surface area contributed by atoms with Crippen molar-refractivity contribution in [3.63, 3.8) is 0 Å². The summed E-state index contributed by atoms with van der Waals surface area (Å²) in [5, 5.41) is 16.4. The molecule has 1 heterocycles. The Morgan fingerprint density at radius 3 is 2.63 bits per heavy atom. The Morgan fingerprint density at radius 1 is 1.11 bits per heavy atom. The summed E-state index contributed by atoms with van der Waals surface area (Å²) in [6, 6.07) is -0.0111. The molecule has 2 atom stereocenters. The van der Waals surface area contributed by atoms with Crippen molar-refractivity contribution in [1.82, 2.24) is 10.6 Å². The predicted octanol–water partition coefficient (Wildman–Crippen LogP) is 1.58. The van der Waals surface area contributed by atoms with E-state index in [1.54, 1.807) is 0 Å². The SMILES string of the molecule is O=C(CCC1CCNCC1)NC1CCCCCC1O. The predicted molar refractivity (Wildman–Crippen MR) is 75.9 cm³/mol. The molecule has 2 fully saturated rings. The van der Waals surface area contributed by atoms with Gasteiger partial charge in [0.25, 0.3) is 0 Å². The lowest BCUT2D eigenvalue weighted by atomic mass is 9.93. The number of hydrogen-bond donors (Lipinski definition) is 3. The average Bonchev–Trinajstić information content (AvgIpc) is 2.63. The van der Waals surface area contributed by atoms with Crippen LogP contribution in [0.2, 0.25) is 0 Å². The second kappa shape index (κ2) is 7.85. The Balaban J connectivity index is 1.67. The monoisotopic (exact) mass is 268 g/mol. The van der Waals surface area contributed by atoms with Crippen molar-refractivity contribution in [3.05, 3.63) is 0 Å². The zero-order valence-electron chi connectivity index (χ0n) is 11.9. The number of amides is 1. The minimum absolute atomic E-state index is 0.0111. The van der Waals surface area contributed by atoms with Gasteiger partial charge in [-0.25, -0.2) is 0 Å². The lowest BCUT2D eigenvalue weighted by Crippen LogP contribution is -2.42. The molecule has 1 saturated heterocycles. The number of nitrogens with one attached hydrogen (secondary N) is 2. The van der Waals surface area contributed by atoms with E-state index in [4.69, 9.17) is 0 Å². The zero-order chi connectivity index (χ0) is 13.5. The third-order valence-electron chi connectivity index (χ3n) is 4.56. The molecular formula is C15H28N2O2. The molecule has 1 aliphatic heterocycles. The van der Waals surface area contributed by atoms with E-state index in [1.165, 1.54) is 19.3 Å². The molecule has 4 nitrogen and oxygen atoms in total. The molecule has 2 rings (SSSR count). The summed E-state index contributed by atoms with van der Waals surface area (Å²) in [7, 11) is 0. The van der Waals surface area contributed by atoms with Gasteiger partial charge in [0.15, 0.2) is 0 Å². The molecule has 0 spiro atoms. The highest BCUT2D eigenvalue weighted by Crippen LogP contribution is 2.20. The smallest absolute Gasteiger partial charge is 0.220 e. The molecule has 4 heteroatoms. The maximum absolute atomic E-state index is 12.0. The first-order chi connectivity index (χ1) is 9.25. The summed E-state index contributed by atoms with van der Waals surface area (Å²) in [5.74, 6) is 0.829. The molecule has 2 aliphatic rings. The third kappa shape index (κ3) is 5.11. The van der Waals surface area contributed by atoms with Crippen LogP contribution in [0.25, 0.3) is 0 Å². The molecule has 1 aliphatic carbocycles. The van der Waals surface area contributed by atoms with Gasteiger partial charge in [-0.05, 0) is 51.1 Å². The van der Waals surface area contributed by atoms with Gasteiger partial charge in [0.2, 0.25) is 5.91 Å². The fraction of sp³-hybridized carbons (Fsp3) is 0.933. The molecule has 1 saturated carbocycles. The third-order valence-corrected chi connectivity index (χ3v) is 4.56. The summed E-state index contributed by atoms with van der Waals surface area (Å²) >= 11 is 0. The highest BCUT2D eigenvalue weighted by atomic mass is 16.3. The van der Waals surface area contributed by atoms with E-state index in [0.29, 0.717) is 12.3 Å². The number of aliphatic hydroxyl groups excluding tert-OH is 1. The molecular weight excluding hydrogens is 240 g/mol. The summed E-state index contributed by atoms with van der Waals surface area (Å²) in [6.07, 6.45) is 8.81. The van der Waals surface area contributed by atoms with Crippen LogP contribution < -0.4 is 10.6 Å². The lowest BCUT2D eigenvalue weighted by molar-refractivity contribution is -0.123. The maximum Gasteiger partial charge on any atom is 0.220 e. The minimum atomic E-state index is -0.342. The van der Waals surface area contributed by atoms with Crippen molar-refractivity contribution < 1.29 is 9.90 Å². The fourth-order valence-electron chi connectivity index (χ4n) is 3.24. The van der Waals surface area contributed by atoms with Gasteiger partial charge in [0.1, 0.15) is 0 Å². The Labute approximate surface area is 116 Å². The first kappa shape index (κ1) is 14.8. The van der Waals surface area contributed by atoms with E-state index in [1.807, 2.05) is 0 Å². The van der Waals surface area contributed by atoms with Crippen LogP contribution in [0.3, 0.4) is 0 Å². The number of aliphatic hydroxyl groups is 1. The van der Waals surface area contributed by atoms with Crippen molar-refractivity contribution in [3.8, 4) is 0 Å². The molecule has 0 aromatic heterocycles. The van der Waals surface area contributed by atoms with Crippen molar-refractivity contribution >= 4 is 5.91 Å². The lowest BCUT2D eigenvalue weighted by Gasteiger charge is -2.24. The number of rotatable bonds is 4. The molecule has 19 heavy (non-hydrogen) atoms. The van der Waals surface area contributed by atoms with E-state index >= 15 is 0 Å². The van der Waals surface area contributed by atoms with Crippen LogP contribution in [-0.4, -0.2) is 36.2 Å². The van der Waals surface area contributed by atoms with Crippen LogP contribution in [0.4, 0.5) is 0 Å². The molecule has 3 N–H and O–H groups in total. The molecule has 0 radical (unpaired) electrons. The van der Waals surface area contributed by atoms with Crippen LogP contribution >= 0.6 is 0 Å². The first-order valence-electron chi connectivity index (χ1n) is 7.94. The van der Waals surface area contributed by atoms with Gasteiger partial charge in [-0.2, -0.15) is 0 Å². The van der Waals surface area contributed by atoms with Crippen LogP contribution in [0.5, 0.6) is 0 Å². The summed E-state index contributed by atoms with van der Waals surface area (Å²) < 4.78 is 0. The Morgan fingerprint density at radius 2 is 1.84 bits per heavy atom. The highest BCUT2D eigenvalue weighted by molar-refractivity contribution is 5.76. The number of carbonyl (C=O) groups is 1.